The maximum atomic E-state index is 14.3. The predicted molar refractivity (Wildman–Crippen MR) is 176 cm³/mol. The van der Waals surface area contributed by atoms with Gasteiger partial charge in [-0.15, -0.1) is 0 Å². The molecule has 0 fully saturated rings. The minimum atomic E-state index is -1.18. The van der Waals surface area contributed by atoms with E-state index in [1.165, 1.54) is 17.7 Å². The van der Waals surface area contributed by atoms with E-state index in [0.29, 0.717) is 28.1 Å². The van der Waals surface area contributed by atoms with Gasteiger partial charge in [0.25, 0.3) is 5.91 Å². The zero-order chi connectivity index (χ0) is 32.5. The van der Waals surface area contributed by atoms with Crippen molar-refractivity contribution in [1.29, 1.82) is 0 Å². The van der Waals surface area contributed by atoms with E-state index in [2.05, 4.69) is 12.2 Å². The second-order valence-electron chi connectivity index (χ2n) is 11.8. The molecule has 0 radical (unpaired) electrons. The van der Waals surface area contributed by atoms with Crippen molar-refractivity contribution < 1.29 is 29.3 Å². The van der Waals surface area contributed by atoms with Crippen LogP contribution in [0.3, 0.4) is 0 Å². The molecule has 0 bridgehead atoms. The molecule has 0 aliphatic carbocycles. The second-order valence-corrected chi connectivity index (χ2v) is 11.8. The summed E-state index contributed by atoms with van der Waals surface area (Å²) in [7, 11) is 0. The summed E-state index contributed by atoms with van der Waals surface area (Å²) in [5, 5.41) is 33.0. The van der Waals surface area contributed by atoms with Gasteiger partial charge in [-0.1, -0.05) is 69.7 Å². The summed E-state index contributed by atoms with van der Waals surface area (Å²) in [6.07, 6.45) is 0.661. The van der Waals surface area contributed by atoms with Gasteiger partial charge in [-0.05, 0) is 84.7 Å². The Labute approximate surface area is 264 Å². The molecule has 238 valence electrons. The Kier molecular flexibility index (Phi) is 11.7. The minimum Gasteiger partial charge on any atom is -0.481 e. The lowest BCUT2D eigenvalue weighted by Crippen LogP contribution is -2.22. The third kappa shape index (κ3) is 8.68. The van der Waals surface area contributed by atoms with Crippen molar-refractivity contribution in [2.24, 2.45) is 0 Å². The number of carbonyl (C=O) groups is 2. The number of nitrogens with one attached hydrogen (secondary N) is 1. The molecule has 1 aromatic heterocycles. The number of carboxylic acids is 1. The average molecular weight is 615 g/mol. The Morgan fingerprint density at radius 3 is 2.16 bits per heavy atom. The molecule has 0 aliphatic rings. The lowest BCUT2D eigenvalue weighted by Gasteiger charge is -2.20. The predicted octanol–water partition coefficient (Wildman–Crippen LogP) is 7.66. The molecular formula is C37H43FN2O5. The summed E-state index contributed by atoms with van der Waals surface area (Å²) in [4.78, 5) is 25.3. The molecule has 0 aliphatic heterocycles. The number of hydrogen-bond acceptors (Lipinski definition) is 4. The van der Waals surface area contributed by atoms with Gasteiger partial charge in [-0.25, -0.2) is 4.39 Å². The zero-order valence-corrected chi connectivity index (χ0v) is 26.2. The summed E-state index contributed by atoms with van der Waals surface area (Å²) >= 11 is 0. The van der Waals surface area contributed by atoms with E-state index in [-0.39, 0.29) is 37.0 Å². The van der Waals surface area contributed by atoms with E-state index in [9.17, 15) is 24.2 Å². The number of rotatable bonds is 15. The number of carboxylic acid groups (broad SMARTS) is 1. The zero-order valence-electron chi connectivity index (χ0n) is 26.2. The van der Waals surface area contributed by atoms with E-state index >= 15 is 0 Å². The normalized spacial score (nSPS) is 12.7. The number of hydrogen-bond donors (Lipinski definition) is 4. The monoisotopic (exact) mass is 614 g/mol. The average Bonchev–Trinajstić information content (AvgIpc) is 3.35. The van der Waals surface area contributed by atoms with E-state index in [0.717, 1.165) is 30.5 Å². The Morgan fingerprint density at radius 1 is 0.889 bits per heavy atom. The van der Waals surface area contributed by atoms with Gasteiger partial charge >= 0.3 is 5.97 Å². The lowest BCUT2D eigenvalue weighted by atomic mass is 9.94. The molecule has 45 heavy (non-hydrogen) atoms. The fraction of sp³-hybridized carbons (Fsp3) is 0.351. The summed E-state index contributed by atoms with van der Waals surface area (Å²) in [6, 6.07) is 23.6. The molecule has 0 unspecified atom stereocenters. The van der Waals surface area contributed by atoms with Crippen LogP contribution in [0.4, 0.5) is 10.1 Å². The van der Waals surface area contributed by atoms with E-state index in [4.69, 9.17) is 5.11 Å². The standard InChI is InChI=1S/C37H43FN2O5/c1-4-5-9-25-12-18-29(19-13-25)39-37(45)34-33(26-10-7-6-8-11-26)36(27-14-16-28(38)17-15-27)40(35(34)24(2)3)21-20-30(41)22-31(42)23-32(43)44/h6-8,10-19,24,30-31,41-42H,4-5,9,20-23H2,1-3H3,(H,39,45)(H,43,44)/t30-,31-/m0/s1. The van der Waals surface area contributed by atoms with E-state index < -0.39 is 24.6 Å². The van der Waals surface area contributed by atoms with Crippen LogP contribution < -0.4 is 5.32 Å². The number of halogens is 1. The Bertz CT molecular complexity index is 1560. The molecule has 0 saturated carbocycles. The molecule has 0 spiro atoms. The molecule has 4 rings (SSSR count). The first-order valence-electron chi connectivity index (χ1n) is 15.6. The third-order valence-corrected chi connectivity index (χ3v) is 7.93. The van der Waals surface area contributed by atoms with Crippen molar-refractivity contribution in [3.63, 3.8) is 0 Å². The number of carbonyl (C=O) groups excluding carboxylic acids is 1. The highest BCUT2D eigenvalue weighted by molar-refractivity contribution is 6.12. The quantitative estimate of drug-likeness (QED) is 0.110. The Hall–Kier alpha value is -4.27. The lowest BCUT2D eigenvalue weighted by molar-refractivity contribution is -0.139. The Morgan fingerprint density at radius 2 is 1.56 bits per heavy atom. The smallest absolute Gasteiger partial charge is 0.305 e. The molecular weight excluding hydrogens is 571 g/mol. The van der Waals surface area contributed by atoms with Crippen LogP contribution in [0.2, 0.25) is 0 Å². The van der Waals surface area contributed by atoms with Crippen molar-refractivity contribution in [2.75, 3.05) is 5.32 Å². The van der Waals surface area contributed by atoms with Crippen LogP contribution >= 0.6 is 0 Å². The van der Waals surface area contributed by atoms with Crippen molar-refractivity contribution >= 4 is 17.6 Å². The van der Waals surface area contributed by atoms with E-state index in [1.54, 1.807) is 12.1 Å². The highest BCUT2D eigenvalue weighted by Crippen LogP contribution is 2.42. The number of aromatic nitrogens is 1. The van der Waals surface area contributed by atoms with Crippen LogP contribution in [0.1, 0.15) is 80.4 Å². The number of amides is 1. The van der Waals surface area contributed by atoms with Crippen molar-refractivity contribution in [3.05, 3.63) is 102 Å². The summed E-state index contributed by atoms with van der Waals surface area (Å²) in [6.45, 7) is 6.43. The van der Waals surface area contributed by atoms with Crippen LogP contribution in [0.25, 0.3) is 22.4 Å². The largest absolute Gasteiger partial charge is 0.481 e. The van der Waals surface area contributed by atoms with Gasteiger partial charge in [0.1, 0.15) is 5.82 Å². The van der Waals surface area contributed by atoms with Crippen molar-refractivity contribution in [1.82, 2.24) is 4.57 Å². The number of aliphatic hydroxyl groups is 2. The first kappa shape index (κ1) is 33.6. The molecule has 3 aromatic carbocycles. The fourth-order valence-corrected chi connectivity index (χ4v) is 5.82. The SMILES string of the molecule is CCCCc1ccc(NC(=O)c2c(-c3ccccc3)c(-c3ccc(F)cc3)n(CC[C@H](O)C[C@H](O)CC(=O)O)c2C(C)C)cc1. The fourth-order valence-electron chi connectivity index (χ4n) is 5.82. The molecule has 8 heteroatoms. The maximum Gasteiger partial charge on any atom is 0.305 e. The summed E-state index contributed by atoms with van der Waals surface area (Å²) < 4.78 is 16.1. The van der Waals surface area contributed by atoms with Crippen LogP contribution in [-0.4, -0.2) is 44.0 Å². The highest BCUT2D eigenvalue weighted by Gasteiger charge is 2.31. The molecule has 7 nitrogen and oxygen atoms in total. The molecule has 4 aromatic rings. The van der Waals surface area contributed by atoms with Gasteiger partial charge in [-0.2, -0.15) is 0 Å². The number of anilines is 1. The summed E-state index contributed by atoms with van der Waals surface area (Å²) in [5.74, 6) is -1.92. The van der Waals surface area contributed by atoms with Crippen molar-refractivity contribution in [3.8, 4) is 22.4 Å². The first-order chi connectivity index (χ1) is 21.6. The summed E-state index contributed by atoms with van der Waals surface area (Å²) in [5.41, 5.74) is 6.06. The van der Waals surface area contributed by atoms with Gasteiger partial charge in [0.05, 0.1) is 29.9 Å². The molecule has 1 heterocycles. The van der Waals surface area contributed by atoms with Crippen LogP contribution in [0, 0.1) is 5.82 Å². The van der Waals surface area contributed by atoms with Gasteiger partial charge in [0.15, 0.2) is 0 Å². The van der Waals surface area contributed by atoms with E-state index in [1.807, 2.05) is 73.0 Å². The number of nitrogens with zero attached hydrogens (tertiary/aromatic N) is 1. The molecule has 4 N–H and O–H groups in total. The van der Waals surface area contributed by atoms with Gasteiger partial charge < -0.3 is 25.2 Å². The van der Waals surface area contributed by atoms with Gasteiger partial charge in [0.2, 0.25) is 0 Å². The van der Waals surface area contributed by atoms with Crippen LogP contribution in [0.5, 0.6) is 0 Å². The minimum absolute atomic E-state index is 0.0937. The van der Waals surface area contributed by atoms with Crippen molar-refractivity contribution in [2.45, 2.75) is 84.0 Å². The highest BCUT2D eigenvalue weighted by atomic mass is 19.1. The number of benzene rings is 3. The first-order valence-corrected chi connectivity index (χ1v) is 15.6. The topological polar surface area (TPSA) is 112 Å². The van der Waals surface area contributed by atoms with Crippen LogP contribution in [-0.2, 0) is 17.8 Å². The molecule has 0 saturated heterocycles. The van der Waals surface area contributed by atoms with Gasteiger partial charge in [-0.3, -0.25) is 9.59 Å². The molecule has 2 atom stereocenters. The number of aliphatic carboxylic acids is 1. The van der Waals surface area contributed by atoms with Gasteiger partial charge in [0, 0.05) is 23.5 Å². The third-order valence-electron chi connectivity index (χ3n) is 7.93. The number of aryl methyl sites for hydroxylation is 1. The Balaban J connectivity index is 1.84. The maximum absolute atomic E-state index is 14.3. The second kappa shape index (κ2) is 15.6. The number of unbranched alkanes of at least 4 members (excludes halogenated alkanes) is 1. The number of aliphatic hydroxyl groups excluding tert-OH is 2. The molecule has 1 amide bonds. The van der Waals surface area contributed by atoms with Crippen LogP contribution in [0.15, 0.2) is 78.9 Å².